The summed E-state index contributed by atoms with van der Waals surface area (Å²) in [6.07, 6.45) is 5.85. The maximum absolute atomic E-state index is 6.49. The second-order valence-corrected chi connectivity index (χ2v) is 7.17. The molecule has 4 unspecified atom stereocenters. The van der Waals surface area contributed by atoms with Crippen molar-refractivity contribution in [2.24, 2.45) is 0 Å². The predicted octanol–water partition coefficient (Wildman–Crippen LogP) is 4.74. The van der Waals surface area contributed by atoms with Gasteiger partial charge in [-0.2, -0.15) is 0 Å². The first kappa shape index (κ1) is 18.2. The SMILES string of the molecule is C=CC(OC(C=C)c1ccccc1CC1CO1)c1ccccc1CC1CO1. The number of ether oxygens (including phenoxy) is 3. The molecule has 2 saturated heterocycles. The van der Waals surface area contributed by atoms with Crippen LogP contribution in [0.1, 0.15) is 34.5 Å². The highest BCUT2D eigenvalue weighted by atomic mass is 16.6. The van der Waals surface area contributed by atoms with Gasteiger partial charge in [-0.3, -0.25) is 0 Å². The molecule has 0 N–H and O–H groups in total. The highest BCUT2D eigenvalue weighted by Gasteiger charge is 2.27. The summed E-state index contributed by atoms with van der Waals surface area (Å²) in [5.74, 6) is 0. The van der Waals surface area contributed by atoms with Gasteiger partial charge in [0.25, 0.3) is 0 Å². The Morgan fingerprint density at radius 3 is 1.59 bits per heavy atom. The summed E-state index contributed by atoms with van der Waals surface area (Å²) in [5.41, 5.74) is 4.82. The summed E-state index contributed by atoms with van der Waals surface area (Å²) in [4.78, 5) is 0. The summed E-state index contributed by atoms with van der Waals surface area (Å²) in [5, 5.41) is 0. The van der Waals surface area contributed by atoms with Crippen LogP contribution in [-0.2, 0) is 27.1 Å². The fourth-order valence-corrected chi connectivity index (χ4v) is 3.53. The van der Waals surface area contributed by atoms with Crippen molar-refractivity contribution in [1.82, 2.24) is 0 Å². The molecule has 0 amide bonds. The molecule has 0 aliphatic carbocycles. The Labute approximate surface area is 161 Å². The van der Waals surface area contributed by atoms with E-state index >= 15 is 0 Å². The largest absolute Gasteiger partial charge is 0.373 e. The van der Waals surface area contributed by atoms with Gasteiger partial charge in [0, 0.05) is 12.8 Å². The van der Waals surface area contributed by atoms with E-state index < -0.39 is 0 Å². The Hall–Kier alpha value is -2.20. The molecule has 2 aromatic carbocycles. The zero-order valence-corrected chi connectivity index (χ0v) is 15.6. The molecular formula is C24H26O3. The average Bonchev–Trinajstić information content (AvgIpc) is 3.62. The third-order valence-corrected chi connectivity index (χ3v) is 5.14. The Kier molecular flexibility index (Phi) is 5.53. The van der Waals surface area contributed by atoms with Crippen LogP contribution < -0.4 is 0 Å². The maximum atomic E-state index is 6.49. The number of hydrogen-bond acceptors (Lipinski definition) is 3. The van der Waals surface area contributed by atoms with Gasteiger partial charge in [-0.15, -0.1) is 13.2 Å². The smallest absolute Gasteiger partial charge is 0.102 e. The molecule has 2 fully saturated rings. The van der Waals surface area contributed by atoms with Crippen molar-refractivity contribution in [3.05, 3.63) is 96.1 Å². The fraction of sp³-hybridized carbons (Fsp3) is 0.333. The summed E-state index contributed by atoms with van der Waals surface area (Å²) in [6, 6.07) is 16.8. The van der Waals surface area contributed by atoms with Crippen molar-refractivity contribution >= 4 is 0 Å². The van der Waals surface area contributed by atoms with Gasteiger partial charge in [0.15, 0.2) is 0 Å². The molecule has 0 saturated carbocycles. The first-order valence-electron chi connectivity index (χ1n) is 9.58. The maximum Gasteiger partial charge on any atom is 0.102 e. The summed E-state index contributed by atoms with van der Waals surface area (Å²) < 4.78 is 17.3. The molecule has 2 aliphatic rings. The lowest BCUT2D eigenvalue weighted by Crippen LogP contribution is -2.12. The molecule has 140 valence electrons. The van der Waals surface area contributed by atoms with Gasteiger partial charge in [-0.25, -0.2) is 0 Å². The number of benzene rings is 2. The van der Waals surface area contributed by atoms with Crippen LogP contribution in [0.5, 0.6) is 0 Å². The van der Waals surface area contributed by atoms with E-state index in [-0.39, 0.29) is 12.2 Å². The third-order valence-electron chi connectivity index (χ3n) is 5.14. The molecule has 3 nitrogen and oxygen atoms in total. The van der Waals surface area contributed by atoms with Gasteiger partial charge >= 0.3 is 0 Å². The van der Waals surface area contributed by atoms with Crippen molar-refractivity contribution in [3.63, 3.8) is 0 Å². The first-order valence-corrected chi connectivity index (χ1v) is 9.58. The Bertz CT molecular complexity index is 737. The minimum absolute atomic E-state index is 0.201. The highest BCUT2D eigenvalue weighted by molar-refractivity contribution is 5.35. The second-order valence-electron chi connectivity index (χ2n) is 7.17. The third kappa shape index (κ3) is 4.56. The monoisotopic (exact) mass is 362 g/mol. The van der Waals surface area contributed by atoms with E-state index in [2.05, 4.69) is 49.6 Å². The van der Waals surface area contributed by atoms with E-state index in [1.807, 2.05) is 24.3 Å². The normalized spacial score (nSPS) is 22.7. The van der Waals surface area contributed by atoms with E-state index in [0.29, 0.717) is 12.2 Å². The van der Waals surface area contributed by atoms with Crippen molar-refractivity contribution in [2.45, 2.75) is 37.3 Å². The molecule has 27 heavy (non-hydrogen) atoms. The van der Waals surface area contributed by atoms with E-state index in [1.54, 1.807) is 0 Å². The Morgan fingerprint density at radius 1 is 0.815 bits per heavy atom. The van der Waals surface area contributed by atoms with E-state index in [0.717, 1.165) is 37.2 Å². The molecule has 2 aromatic rings. The van der Waals surface area contributed by atoms with Crippen LogP contribution in [0.4, 0.5) is 0 Å². The number of rotatable bonds is 10. The summed E-state index contributed by atoms with van der Waals surface area (Å²) in [6.45, 7) is 9.74. The van der Waals surface area contributed by atoms with Gasteiger partial charge in [0.2, 0.25) is 0 Å². The molecule has 3 heteroatoms. The van der Waals surface area contributed by atoms with Crippen LogP contribution in [0.2, 0.25) is 0 Å². The van der Waals surface area contributed by atoms with Crippen LogP contribution in [0.25, 0.3) is 0 Å². The van der Waals surface area contributed by atoms with Gasteiger partial charge < -0.3 is 14.2 Å². The van der Waals surface area contributed by atoms with Crippen LogP contribution >= 0.6 is 0 Å². The highest BCUT2D eigenvalue weighted by Crippen LogP contribution is 2.34. The lowest BCUT2D eigenvalue weighted by Gasteiger charge is -2.24. The molecule has 0 spiro atoms. The molecule has 2 aliphatic heterocycles. The van der Waals surface area contributed by atoms with Crippen LogP contribution in [0, 0.1) is 0 Å². The number of hydrogen-bond donors (Lipinski definition) is 0. The van der Waals surface area contributed by atoms with E-state index in [1.165, 1.54) is 11.1 Å². The van der Waals surface area contributed by atoms with Crippen LogP contribution in [-0.4, -0.2) is 25.4 Å². The standard InChI is InChI=1S/C24H26O3/c1-3-23(21-11-7-5-9-17(21)13-19-15-25-19)27-24(4-2)22-12-8-6-10-18(22)14-20-16-26-20/h3-12,19-20,23-24H,1-2,13-16H2. The van der Waals surface area contributed by atoms with Crippen LogP contribution in [0.3, 0.4) is 0 Å². The Balaban J connectivity index is 1.57. The summed E-state index contributed by atoms with van der Waals surface area (Å²) in [7, 11) is 0. The number of epoxide rings is 2. The van der Waals surface area contributed by atoms with Crippen molar-refractivity contribution < 1.29 is 14.2 Å². The molecule has 0 radical (unpaired) electrons. The van der Waals surface area contributed by atoms with E-state index in [4.69, 9.17) is 14.2 Å². The van der Waals surface area contributed by atoms with Crippen molar-refractivity contribution in [1.29, 1.82) is 0 Å². The predicted molar refractivity (Wildman–Crippen MR) is 107 cm³/mol. The van der Waals surface area contributed by atoms with Gasteiger partial charge in [-0.1, -0.05) is 60.7 Å². The molecule has 2 heterocycles. The van der Waals surface area contributed by atoms with E-state index in [9.17, 15) is 0 Å². The molecule has 0 bridgehead atoms. The first-order chi connectivity index (χ1) is 13.3. The Morgan fingerprint density at radius 2 is 1.22 bits per heavy atom. The van der Waals surface area contributed by atoms with Gasteiger partial charge in [0.1, 0.15) is 12.2 Å². The topological polar surface area (TPSA) is 34.3 Å². The van der Waals surface area contributed by atoms with Crippen molar-refractivity contribution in [3.8, 4) is 0 Å². The molecule has 4 rings (SSSR count). The zero-order valence-electron chi connectivity index (χ0n) is 15.6. The van der Waals surface area contributed by atoms with Crippen molar-refractivity contribution in [2.75, 3.05) is 13.2 Å². The average molecular weight is 362 g/mol. The fourth-order valence-electron chi connectivity index (χ4n) is 3.53. The quantitative estimate of drug-likeness (QED) is 0.452. The van der Waals surface area contributed by atoms with Gasteiger partial charge in [-0.05, 0) is 22.3 Å². The molecular weight excluding hydrogens is 336 g/mol. The molecule has 4 atom stereocenters. The van der Waals surface area contributed by atoms with Gasteiger partial charge in [0.05, 0.1) is 25.4 Å². The lowest BCUT2D eigenvalue weighted by molar-refractivity contribution is 0.0392. The zero-order chi connectivity index (χ0) is 18.6. The minimum Gasteiger partial charge on any atom is -0.373 e. The second kappa shape index (κ2) is 8.22. The van der Waals surface area contributed by atoms with Crippen LogP contribution in [0.15, 0.2) is 73.8 Å². The molecule has 0 aromatic heterocycles. The minimum atomic E-state index is -0.201. The summed E-state index contributed by atoms with van der Waals surface area (Å²) >= 11 is 0. The lowest BCUT2D eigenvalue weighted by atomic mass is 9.96.